The van der Waals surface area contributed by atoms with E-state index in [9.17, 15) is 4.79 Å². The van der Waals surface area contributed by atoms with Crippen molar-refractivity contribution in [2.24, 2.45) is 17.6 Å². The minimum Gasteiger partial charge on any atom is -0.354 e. The van der Waals surface area contributed by atoms with Gasteiger partial charge in [0.2, 0.25) is 5.91 Å². The van der Waals surface area contributed by atoms with Crippen molar-refractivity contribution in [2.45, 2.75) is 26.3 Å². The Bertz CT molecular complexity index is 191. The van der Waals surface area contributed by atoms with Crippen molar-refractivity contribution in [1.29, 1.82) is 0 Å². The van der Waals surface area contributed by atoms with Gasteiger partial charge in [-0.3, -0.25) is 4.79 Å². The summed E-state index contributed by atoms with van der Waals surface area (Å²) in [5, 5.41) is 2.93. The third-order valence-corrected chi connectivity index (χ3v) is 3.84. The molecule has 3 N–H and O–H groups in total. The van der Waals surface area contributed by atoms with Crippen LogP contribution in [0.4, 0.5) is 0 Å². The summed E-state index contributed by atoms with van der Waals surface area (Å²) < 4.78 is 0. The van der Waals surface area contributed by atoms with E-state index in [1.54, 1.807) is 0 Å². The van der Waals surface area contributed by atoms with Gasteiger partial charge in [-0.2, -0.15) is 11.8 Å². The first-order chi connectivity index (χ1) is 6.61. The van der Waals surface area contributed by atoms with Gasteiger partial charge in [0.25, 0.3) is 0 Å². The first kappa shape index (κ1) is 11.9. The predicted octanol–water partition coefficient (Wildman–Crippen LogP) is 0.839. The van der Waals surface area contributed by atoms with Gasteiger partial charge in [-0.05, 0) is 29.8 Å². The number of nitrogens with one attached hydrogen (secondary N) is 1. The van der Waals surface area contributed by atoms with Gasteiger partial charge in [-0.25, -0.2) is 0 Å². The fourth-order valence-corrected chi connectivity index (χ4v) is 2.69. The molecule has 0 spiro atoms. The van der Waals surface area contributed by atoms with E-state index in [4.69, 9.17) is 5.73 Å². The Kier molecular flexibility index (Phi) is 4.75. The van der Waals surface area contributed by atoms with E-state index >= 15 is 0 Å². The van der Waals surface area contributed by atoms with Crippen molar-refractivity contribution in [3.05, 3.63) is 0 Å². The number of hydrogen-bond acceptors (Lipinski definition) is 3. The summed E-state index contributed by atoms with van der Waals surface area (Å²) in [5.74, 6) is 3.28. The average molecular weight is 216 g/mol. The molecule has 14 heavy (non-hydrogen) atoms. The predicted molar refractivity (Wildman–Crippen MR) is 61.3 cm³/mol. The molecular weight excluding hydrogens is 196 g/mol. The van der Waals surface area contributed by atoms with Gasteiger partial charge in [0.1, 0.15) is 0 Å². The van der Waals surface area contributed by atoms with Crippen molar-refractivity contribution in [3.63, 3.8) is 0 Å². The number of hydrogen-bond donors (Lipinski definition) is 2. The first-order valence-electron chi connectivity index (χ1n) is 5.22. The van der Waals surface area contributed by atoms with Crippen molar-refractivity contribution in [3.8, 4) is 0 Å². The summed E-state index contributed by atoms with van der Waals surface area (Å²) in [6, 6.07) is -0.357. The maximum atomic E-state index is 11.5. The van der Waals surface area contributed by atoms with Crippen LogP contribution in [0.5, 0.6) is 0 Å². The lowest BCUT2D eigenvalue weighted by Crippen LogP contribution is -2.45. The zero-order valence-corrected chi connectivity index (χ0v) is 9.77. The van der Waals surface area contributed by atoms with E-state index in [-0.39, 0.29) is 17.9 Å². The summed E-state index contributed by atoms with van der Waals surface area (Å²) >= 11 is 1.97. The highest BCUT2D eigenvalue weighted by Gasteiger charge is 2.20. The van der Waals surface area contributed by atoms with E-state index < -0.39 is 0 Å². The zero-order valence-electron chi connectivity index (χ0n) is 8.95. The normalized spacial score (nSPS) is 23.9. The van der Waals surface area contributed by atoms with Gasteiger partial charge in [0, 0.05) is 6.54 Å². The fourth-order valence-electron chi connectivity index (χ4n) is 1.41. The fraction of sp³-hybridized carbons (Fsp3) is 0.900. The van der Waals surface area contributed by atoms with Crippen LogP contribution in [-0.2, 0) is 4.79 Å². The van der Waals surface area contributed by atoms with Crippen LogP contribution in [0.25, 0.3) is 0 Å². The van der Waals surface area contributed by atoms with Crippen molar-refractivity contribution in [2.75, 3.05) is 18.1 Å². The second-order valence-electron chi connectivity index (χ2n) is 4.24. The Morgan fingerprint density at radius 2 is 2.36 bits per heavy atom. The second kappa shape index (κ2) is 5.61. The largest absolute Gasteiger partial charge is 0.354 e. The molecule has 0 aromatic rings. The second-order valence-corrected chi connectivity index (χ2v) is 5.39. The Balaban J connectivity index is 2.19. The highest BCUT2D eigenvalue weighted by Crippen LogP contribution is 2.22. The number of carbonyl (C=O) groups excluding carboxylic acids is 1. The highest BCUT2D eigenvalue weighted by molar-refractivity contribution is 7.99. The minimum absolute atomic E-state index is 0.00287. The molecule has 2 unspecified atom stereocenters. The standard InChI is InChI=1S/C10H20N2OS/c1-7(2)9(11)10(13)12-5-8-3-4-14-6-8/h7-9H,3-6,11H2,1-2H3,(H,12,13). The molecule has 0 radical (unpaired) electrons. The van der Waals surface area contributed by atoms with Crippen molar-refractivity contribution >= 4 is 17.7 Å². The molecular formula is C10H20N2OS. The Hall–Kier alpha value is -0.220. The van der Waals surface area contributed by atoms with E-state index in [0.717, 1.165) is 6.54 Å². The van der Waals surface area contributed by atoms with Crippen molar-refractivity contribution in [1.82, 2.24) is 5.32 Å². The third kappa shape index (κ3) is 3.50. The minimum atomic E-state index is -0.357. The molecule has 2 atom stereocenters. The number of amides is 1. The summed E-state index contributed by atoms with van der Waals surface area (Å²) in [6.07, 6.45) is 1.22. The molecule has 0 aromatic heterocycles. The van der Waals surface area contributed by atoms with Crippen LogP contribution >= 0.6 is 11.8 Å². The highest BCUT2D eigenvalue weighted by atomic mass is 32.2. The smallest absolute Gasteiger partial charge is 0.237 e. The number of rotatable bonds is 4. The molecule has 1 aliphatic rings. The topological polar surface area (TPSA) is 55.1 Å². The van der Waals surface area contributed by atoms with Crippen LogP contribution in [0.3, 0.4) is 0 Å². The van der Waals surface area contributed by atoms with Crippen molar-refractivity contribution < 1.29 is 4.79 Å². The first-order valence-corrected chi connectivity index (χ1v) is 6.37. The molecule has 0 bridgehead atoms. The van der Waals surface area contributed by atoms with E-state index in [2.05, 4.69) is 5.32 Å². The molecule has 82 valence electrons. The summed E-state index contributed by atoms with van der Waals surface area (Å²) in [7, 11) is 0. The van der Waals surface area contributed by atoms with Crippen LogP contribution in [0.2, 0.25) is 0 Å². The molecule has 1 fully saturated rings. The quantitative estimate of drug-likeness (QED) is 0.732. The summed E-state index contributed by atoms with van der Waals surface area (Å²) in [5.41, 5.74) is 5.73. The van der Waals surface area contributed by atoms with E-state index in [1.165, 1.54) is 17.9 Å². The molecule has 1 heterocycles. The van der Waals surface area contributed by atoms with E-state index in [1.807, 2.05) is 25.6 Å². The van der Waals surface area contributed by atoms with Crippen LogP contribution in [0.1, 0.15) is 20.3 Å². The molecule has 0 saturated carbocycles. The molecule has 1 amide bonds. The van der Waals surface area contributed by atoms with Crippen LogP contribution in [-0.4, -0.2) is 30.0 Å². The molecule has 4 heteroatoms. The lowest BCUT2D eigenvalue weighted by molar-refractivity contribution is -0.123. The zero-order chi connectivity index (χ0) is 10.6. The lowest BCUT2D eigenvalue weighted by Gasteiger charge is -2.17. The van der Waals surface area contributed by atoms with Gasteiger partial charge in [0.15, 0.2) is 0 Å². The Morgan fingerprint density at radius 3 is 2.86 bits per heavy atom. The van der Waals surface area contributed by atoms with Gasteiger partial charge in [-0.1, -0.05) is 13.8 Å². The number of carbonyl (C=O) groups is 1. The Morgan fingerprint density at radius 1 is 1.64 bits per heavy atom. The Labute approximate surface area is 90.2 Å². The molecule has 1 saturated heterocycles. The van der Waals surface area contributed by atoms with Gasteiger partial charge >= 0.3 is 0 Å². The summed E-state index contributed by atoms with van der Waals surface area (Å²) in [4.78, 5) is 11.5. The maximum absolute atomic E-state index is 11.5. The van der Waals surface area contributed by atoms with Gasteiger partial charge in [0.05, 0.1) is 6.04 Å². The summed E-state index contributed by atoms with van der Waals surface area (Å²) in [6.45, 7) is 4.73. The number of thioether (sulfide) groups is 1. The molecule has 0 aromatic carbocycles. The molecule has 1 aliphatic heterocycles. The molecule has 0 aliphatic carbocycles. The molecule has 3 nitrogen and oxygen atoms in total. The number of nitrogens with two attached hydrogens (primary N) is 1. The lowest BCUT2D eigenvalue weighted by atomic mass is 10.0. The maximum Gasteiger partial charge on any atom is 0.237 e. The molecule has 1 rings (SSSR count). The van der Waals surface area contributed by atoms with E-state index in [0.29, 0.717) is 5.92 Å². The van der Waals surface area contributed by atoms with Crippen LogP contribution < -0.4 is 11.1 Å². The SMILES string of the molecule is CC(C)C(N)C(=O)NCC1CCSC1. The van der Waals surface area contributed by atoms with Crippen LogP contribution in [0.15, 0.2) is 0 Å². The van der Waals surface area contributed by atoms with Gasteiger partial charge < -0.3 is 11.1 Å². The average Bonchev–Trinajstić information content (AvgIpc) is 2.65. The monoisotopic (exact) mass is 216 g/mol. The van der Waals surface area contributed by atoms with Gasteiger partial charge in [-0.15, -0.1) is 0 Å². The van der Waals surface area contributed by atoms with Crippen LogP contribution in [0, 0.1) is 11.8 Å². The third-order valence-electron chi connectivity index (χ3n) is 2.61.